The Morgan fingerprint density at radius 3 is 2.68 bits per heavy atom. The van der Waals surface area contributed by atoms with E-state index in [4.69, 9.17) is 16.3 Å². The number of nitriles is 1. The number of nitrogens with zero attached hydrogens (tertiary/aromatic N) is 2. The molecule has 28 heavy (non-hydrogen) atoms. The Balaban J connectivity index is 1.26. The largest absolute Gasteiger partial charge is 0.380 e. The first-order chi connectivity index (χ1) is 13.4. The van der Waals surface area contributed by atoms with Crippen molar-refractivity contribution in [2.75, 3.05) is 38.2 Å². The average molecular weight is 406 g/mol. The summed E-state index contributed by atoms with van der Waals surface area (Å²) in [6.07, 6.45) is 4.53. The molecule has 1 saturated carbocycles. The van der Waals surface area contributed by atoms with E-state index < -0.39 is 5.82 Å². The maximum Gasteiger partial charge on any atom is 0.227 e. The predicted molar refractivity (Wildman–Crippen MR) is 104 cm³/mol. The summed E-state index contributed by atoms with van der Waals surface area (Å²) in [5.41, 5.74) is 0.352. The van der Waals surface area contributed by atoms with Crippen LogP contribution in [0.2, 0.25) is 5.02 Å². The van der Waals surface area contributed by atoms with Crippen molar-refractivity contribution in [2.24, 2.45) is 16.7 Å². The Hall–Kier alpha value is -1.68. The molecule has 0 radical (unpaired) electrons. The second kappa shape index (κ2) is 7.62. The van der Waals surface area contributed by atoms with Gasteiger partial charge in [-0.2, -0.15) is 5.26 Å². The maximum absolute atomic E-state index is 13.4. The van der Waals surface area contributed by atoms with Crippen LogP contribution in [0, 0.1) is 33.9 Å². The third kappa shape index (κ3) is 4.03. The molecule has 2 aliphatic heterocycles. The lowest BCUT2D eigenvalue weighted by Gasteiger charge is -2.54. The van der Waals surface area contributed by atoms with Gasteiger partial charge in [-0.3, -0.25) is 4.79 Å². The Kier molecular flexibility index (Phi) is 5.34. The first-order valence-corrected chi connectivity index (χ1v) is 10.3. The number of anilines is 1. The standard InChI is InChI=1S/C21H25ClFN3O2/c22-16-7-17(23)9-18(8-16)25-19(27)15-1-3-20(4-2-15)11-26(12-20)13-21(10-24)5-6-28-14-21/h7-9,15H,1-6,11-14H2,(H,25,27). The minimum absolute atomic E-state index is 0.0459. The number of benzene rings is 1. The van der Waals surface area contributed by atoms with Gasteiger partial charge in [-0.15, -0.1) is 0 Å². The van der Waals surface area contributed by atoms with Crippen LogP contribution >= 0.6 is 11.6 Å². The van der Waals surface area contributed by atoms with E-state index in [1.54, 1.807) is 6.07 Å². The van der Waals surface area contributed by atoms with E-state index in [1.807, 2.05) is 0 Å². The van der Waals surface area contributed by atoms with E-state index in [9.17, 15) is 14.4 Å². The van der Waals surface area contributed by atoms with Crippen LogP contribution in [-0.2, 0) is 9.53 Å². The minimum Gasteiger partial charge on any atom is -0.380 e. The Morgan fingerprint density at radius 2 is 2.07 bits per heavy atom. The minimum atomic E-state index is -0.456. The van der Waals surface area contributed by atoms with Gasteiger partial charge in [0.15, 0.2) is 0 Å². The SMILES string of the molecule is N#CC1(CN2CC3(CCC(C(=O)Nc4cc(F)cc(Cl)c4)CC3)C2)CCOC1. The second-order valence-electron chi connectivity index (χ2n) is 8.76. The second-order valence-corrected chi connectivity index (χ2v) is 9.20. The smallest absolute Gasteiger partial charge is 0.227 e. The van der Waals surface area contributed by atoms with Crippen LogP contribution in [0.5, 0.6) is 0 Å². The molecule has 2 heterocycles. The Labute approximate surface area is 169 Å². The quantitative estimate of drug-likeness (QED) is 0.826. The highest BCUT2D eigenvalue weighted by Crippen LogP contribution is 2.47. The van der Waals surface area contributed by atoms with Crippen LogP contribution in [-0.4, -0.2) is 43.7 Å². The van der Waals surface area contributed by atoms with Crippen molar-refractivity contribution < 1.29 is 13.9 Å². The highest BCUT2D eigenvalue weighted by atomic mass is 35.5. The number of hydrogen-bond acceptors (Lipinski definition) is 4. The summed E-state index contributed by atoms with van der Waals surface area (Å²) in [4.78, 5) is 14.9. The molecule has 7 heteroatoms. The molecule has 1 spiro atoms. The fraction of sp³-hybridized carbons (Fsp3) is 0.619. The monoisotopic (exact) mass is 405 g/mol. The molecule has 1 amide bonds. The fourth-order valence-corrected chi connectivity index (χ4v) is 5.20. The van der Waals surface area contributed by atoms with Gasteiger partial charge in [0.05, 0.1) is 18.1 Å². The van der Waals surface area contributed by atoms with E-state index in [0.717, 1.165) is 51.7 Å². The van der Waals surface area contributed by atoms with Gasteiger partial charge in [-0.1, -0.05) is 11.6 Å². The molecule has 1 aromatic rings. The molecule has 2 saturated heterocycles. The molecule has 0 bridgehead atoms. The van der Waals surface area contributed by atoms with Crippen LogP contribution in [0.3, 0.4) is 0 Å². The molecule has 3 aliphatic rings. The molecular weight excluding hydrogens is 381 g/mol. The van der Waals surface area contributed by atoms with Crippen LogP contribution in [0.4, 0.5) is 10.1 Å². The van der Waals surface area contributed by atoms with E-state index in [1.165, 1.54) is 12.1 Å². The first-order valence-electron chi connectivity index (χ1n) is 9.89. The van der Waals surface area contributed by atoms with E-state index in [-0.39, 0.29) is 27.7 Å². The van der Waals surface area contributed by atoms with Crippen molar-refractivity contribution in [3.63, 3.8) is 0 Å². The summed E-state index contributed by atoms with van der Waals surface area (Å²) in [7, 11) is 0. The lowest BCUT2D eigenvalue weighted by molar-refractivity contribution is -0.123. The topological polar surface area (TPSA) is 65.4 Å². The van der Waals surface area contributed by atoms with Gasteiger partial charge in [-0.25, -0.2) is 4.39 Å². The van der Waals surface area contributed by atoms with Crippen molar-refractivity contribution in [1.82, 2.24) is 4.90 Å². The van der Waals surface area contributed by atoms with Gasteiger partial charge in [0.1, 0.15) is 5.82 Å². The third-order valence-corrected chi connectivity index (χ3v) is 6.75. The number of carbonyl (C=O) groups excluding carboxylic acids is 1. The number of likely N-dealkylation sites (tertiary alicyclic amines) is 1. The molecule has 1 aliphatic carbocycles. The molecule has 1 atom stereocenters. The van der Waals surface area contributed by atoms with Gasteiger partial charge < -0.3 is 15.0 Å². The zero-order chi connectivity index (χ0) is 19.8. The number of nitrogens with one attached hydrogen (secondary N) is 1. The summed E-state index contributed by atoms with van der Waals surface area (Å²) >= 11 is 5.85. The normalized spacial score (nSPS) is 27.3. The van der Waals surface area contributed by atoms with Gasteiger partial charge in [0, 0.05) is 42.9 Å². The molecule has 3 fully saturated rings. The maximum atomic E-state index is 13.4. The summed E-state index contributed by atoms with van der Waals surface area (Å²) in [5.74, 6) is -0.558. The van der Waals surface area contributed by atoms with Gasteiger partial charge >= 0.3 is 0 Å². The van der Waals surface area contributed by atoms with Gasteiger partial charge in [0.25, 0.3) is 0 Å². The molecule has 1 aromatic carbocycles. The zero-order valence-corrected chi connectivity index (χ0v) is 16.6. The van der Waals surface area contributed by atoms with Crippen LogP contribution < -0.4 is 5.32 Å². The summed E-state index contributed by atoms with van der Waals surface area (Å²) in [6.45, 7) is 4.02. The number of rotatable bonds is 4. The third-order valence-electron chi connectivity index (χ3n) is 6.53. The van der Waals surface area contributed by atoms with Crippen molar-refractivity contribution in [3.8, 4) is 6.07 Å². The van der Waals surface area contributed by atoms with Crippen molar-refractivity contribution in [3.05, 3.63) is 29.0 Å². The van der Waals surface area contributed by atoms with E-state index >= 15 is 0 Å². The van der Waals surface area contributed by atoms with E-state index in [2.05, 4.69) is 16.3 Å². The molecule has 0 aromatic heterocycles. The number of hydrogen-bond donors (Lipinski definition) is 1. The molecule has 5 nitrogen and oxygen atoms in total. The van der Waals surface area contributed by atoms with Crippen molar-refractivity contribution >= 4 is 23.2 Å². The lowest BCUT2D eigenvalue weighted by atomic mass is 9.65. The fourth-order valence-electron chi connectivity index (χ4n) is 4.98. The van der Waals surface area contributed by atoms with Crippen LogP contribution in [0.15, 0.2) is 18.2 Å². The highest BCUT2D eigenvalue weighted by Gasteiger charge is 2.49. The number of amides is 1. The van der Waals surface area contributed by atoms with Gasteiger partial charge in [-0.05, 0) is 55.7 Å². The van der Waals surface area contributed by atoms with Crippen molar-refractivity contribution in [1.29, 1.82) is 5.26 Å². The van der Waals surface area contributed by atoms with Crippen LogP contribution in [0.1, 0.15) is 32.1 Å². The summed E-state index contributed by atoms with van der Waals surface area (Å²) in [5, 5.41) is 12.6. The molecular formula is C21H25ClFN3O2. The van der Waals surface area contributed by atoms with Crippen molar-refractivity contribution in [2.45, 2.75) is 32.1 Å². The Bertz CT molecular complexity index is 767. The summed E-state index contributed by atoms with van der Waals surface area (Å²) < 4.78 is 18.9. The highest BCUT2D eigenvalue weighted by molar-refractivity contribution is 6.30. The number of carbonyl (C=O) groups is 1. The molecule has 1 unspecified atom stereocenters. The first kappa shape index (κ1) is 19.6. The predicted octanol–water partition coefficient (Wildman–Crippen LogP) is 3.84. The number of halogens is 2. The molecule has 150 valence electrons. The molecule has 4 rings (SSSR count). The zero-order valence-electron chi connectivity index (χ0n) is 15.8. The van der Waals surface area contributed by atoms with E-state index in [0.29, 0.717) is 18.9 Å². The average Bonchev–Trinajstić information content (AvgIpc) is 3.09. The lowest BCUT2D eigenvalue weighted by Crippen LogP contribution is -2.60. The molecule has 1 N–H and O–H groups in total. The van der Waals surface area contributed by atoms with Gasteiger partial charge in [0.2, 0.25) is 5.91 Å². The summed E-state index contributed by atoms with van der Waals surface area (Å²) in [6, 6.07) is 6.54. The van der Waals surface area contributed by atoms with Crippen LogP contribution in [0.25, 0.3) is 0 Å². The number of ether oxygens (including phenoxy) is 1. The Morgan fingerprint density at radius 1 is 1.32 bits per heavy atom.